The summed E-state index contributed by atoms with van der Waals surface area (Å²) in [4.78, 5) is 14.2. The maximum absolute atomic E-state index is 10.8. The van der Waals surface area contributed by atoms with E-state index in [2.05, 4.69) is 17.5 Å². The van der Waals surface area contributed by atoms with Gasteiger partial charge in [-0.3, -0.25) is 10.1 Å². The van der Waals surface area contributed by atoms with E-state index < -0.39 is 0 Å². The van der Waals surface area contributed by atoms with Crippen LogP contribution in [0.15, 0.2) is 61.2 Å². The van der Waals surface area contributed by atoms with E-state index in [4.69, 9.17) is 4.74 Å². The van der Waals surface area contributed by atoms with Crippen LogP contribution in [0, 0.1) is 10.1 Å². The van der Waals surface area contributed by atoms with Crippen molar-refractivity contribution in [2.24, 2.45) is 0 Å². The van der Waals surface area contributed by atoms with Crippen molar-refractivity contribution in [3.8, 4) is 5.75 Å². The van der Waals surface area contributed by atoms with Gasteiger partial charge in [-0.05, 0) is 24.3 Å². The molecule has 6 heteroatoms. The molecular weight excluding hydrogens is 330 g/mol. The van der Waals surface area contributed by atoms with Crippen molar-refractivity contribution in [3.05, 3.63) is 76.9 Å². The Morgan fingerprint density at radius 3 is 2.50 bits per heavy atom. The largest absolute Gasteiger partial charge is 0.489 e. The van der Waals surface area contributed by atoms with Crippen LogP contribution in [-0.2, 0) is 6.54 Å². The Morgan fingerprint density at radius 2 is 1.85 bits per heavy atom. The molecule has 1 fully saturated rings. The maximum atomic E-state index is 10.8. The molecule has 1 heterocycles. The first-order valence-electron chi connectivity index (χ1n) is 8.82. The van der Waals surface area contributed by atoms with Gasteiger partial charge in [0.25, 0.3) is 5.69 Å². The molecular formula is C20H24N3O3+. The van der Waals surface area contributed by atoms with E-state index in [9.17, 15) is 10.1 Å². The van der Waals surface area contributed by atoms with Crippen molar-refractivity contribution in [1.29, 1.82) is 0 Å². The average molecular weight is 354 g/mol. The fourth-order valence-corrected chi connectivity index (χ4v) is 3.25. The minimum atomic E-state index is -0.363. The van der Waals surface area contributed by atoms with Gasteiger partial charge in [0.2, 0.25) is 0 Å². The smallest absolute Gasteiger partial charge is 0.269 e. The highest BCUT2D eigenvalue weighted by Gasteiger charge is 2.22. The predicted molar refractivity (Wildman–Crippen MR) is 102 cm³/mol. The van der Waals surface area contributed by atoms with Crippen LogP contribution in [0.3, 0.4) is 0 Å². The Kier molecular flexibility index (Phi) is 5.86. The average Bonchev–Trinajstić information content (AvgIpc) is 2.68. The number of ether oxygens (including phenoxy) is 1. The summed E-state index contributed by atoms with van der Waals surface area (Å²) in [5.41, 5.74) is 2.40. The molecule has 0 atom stereocenters. The van der Waals surface area contributed by atoms with Crippen LogP contribution in [0.25, 0.3) is 0 Å². The molecule has 1 N–H and O–H groups in total. The number of non-ortho nitro benzene ring substituents is 1. The second-order valence-electron chi connectivity index (χ2n) is 6.39. The van der Waals surface area contributed by atoms with E-state index in [1.165, 1.54) is 10.5 Å². The molecule has 0 saturated carbocycles. The monoisotopic (exact) mass is 354 g/mol. The number of quaternary nitrogens is 1. The lowest BCUT2D eigenvalue weighted by Crippen LogP contribution is -3.13. The number of para-hydroxylation sites is 1. The molecule has 0 amide bonds. The first kappa shape index (κ1) is 17.9. The molecule has 26 heavy (non-hydrogen) atoms. The van der Waals surface area contributed by atoms with Crippen molar-refractivity contribution >= 4 is 11.4 Å². The molecule has 0 spiro atoms. The van der Waals surface area contributed by atoms with Gasteiger partial charge in [0.15, 0.2) is 0 Å². The van der Waals surface area contributed by atoms with Crippen molar-refractivity contribution in [1.82, 2.24) is 0 Å². The Balaban J connectivity index is 1.57. The summed E-state index contributed by atoms with van der Waals surface area (Å²) in [6.07, 6.45) is 1.76. The maximum Gasteiger partial charge on any atom is 0.269 e. The first-order valence-corrected chi connectivity index (χ1v) is 8.82. The summed E-state index contributed by atoms with van der Waals surface area (Å²) in [7, 11) is 0. The van der Waals surface area contributed by atoms with Gasteiger partial charge in [-0.25, -0.2) is 0 Å². The molecule has 0 unspecified atom stereocenters. The Labute approximate surface area is 153 Å². The highest BCUT2D eigenvalue weighted by atomic mass is 16.6. The molecule has 1 saturated heterocycles. The van der Waals surface area contributed by atoms with Gasteiger partial charge in [-0.1, -0.05) is 24.8 Å². The standard InChI is InChI=1S/C20H23N3O3/c1-2-15-26-20-6-4-3-5-17(20)16-21-11-13-22(14-12-21)18-7-9-19(10-8-18)23(24)25/h2-10H,1,11-16H2/p+1. The van der Waals surface area contributed by atoms with E-state index in [1.807, 2.05) is 30.3 Å². The zero-order chi connectivity index (χ0) is 18.4. The number of nitro groups is 1. The van der Waals surface area contributed by atoms with Crippen LogP contribution in [0.1, 0.15) is 5.56 Å². The molecule has 2 aromatic rings. The third-order valence-corrected chi connectivity index (χ3v) is 4.67. The SMILES string of the molecule is C=CCOc1ccccc1C[NH+]1CCN(c2ccc([N+](=O)[O-])cc2)CC1. The van der Waals surface area contributed by atoms with Gasteiger partial charge in [0.1, 0.15) is 18.9 Å². The van der Waals surface area contributed by atoms with Gasteiger partial charge < -0.3 is 14.5 Å². The molecule has 136 valence electrons. The second-order valence-corrected chi connectivity index (χ2v) is 6.39. The van der Waals surface area contributed by atoms with E-state index >= 15 is 0 Å². The minimum absolute atomic E-state index is 0.133. The van der Waals surface area contributed by atoms with Crippen LogP contribution in [0.4, 0.5) is 11.4 Å². The summed E-state index contributed by atoms with van der Waals surface area (Å²) in [6, 6.07) is 15.0. The highest BCUT2D eigenvalue weighted by Crippen LogP contribution is 2.20. The van der Waals surface area contributed by atoms with Gasteiger partial charge in [0, 0.05) is 23.4 Å². The summed E-state index contributed by atoms with van der Waals surface area (Å²) >= 11 is 0. The molecule has 3 rings (SSSR count). The molecule has 6 nitrogen and oxygen atoms in total. The number of hydrogen-bond donors (Lipinski definition) is 1. The van der Waals surface area contributed by atoms with Gasteiger partial charge in [-0.2, -0.15) is 0 Å². The van der Waals surface area contributed by atoms with Gasteiger partial charge >= 0.3 is 0 Å². The fraction of sp³-hybridized carbons (Fsp3) is 0.300. The zero-order valence-corrected chi connectivity index (χ0v) is 14.8. The van der Waals surface area contributed by atoms with Gasteiger partial charge in [-0.15, -0.1) is 0 Å². The molecule has 0 aromatic heterocycles. The van der Waals surface area contributed by atoms with E-state index in [1.54, 1.807) is 18.2 Å². The van der Waals surface area contributed by atoms with Crippen LogP contribution in [0.5, 0.6) is 5.75 Å². The number of hydrogen-bond acceptors (Lipinski definition) is 4. The molecule has 0 bridgehead atoms. The molecule has 0 radical (unpaired) electrons. The first-order chi connectivity index (χ1) is 12.7. The number of nitrogens with zero attached hydrogens (tertiary/aromatic N) is 2. The van der Waals surface area contributed by atoms with Crippen LogP contribution >= 0.6 is 0 Å². The zero-order valence-electron chi connectivity index (χ0n) is 14.8. The van der Waals surface area contributed by atoms with Crippen molar-refractivity contribution < 1.29 is 14.6 Å². The second kappa shape index (κ2) is 8.49. The normalized spacial score (nSPS) is 14.8. The fourth-order valence-electron chi connectivity index (χ4n) is 3.25. The van der Waals surface area contributed by atoms with Crippen LogP contribution in [-0.4, -0.2) is 37.7 Å². The van der Waals surface area contributed by atoms with E-state index in [0.717, 1.165) is 44.2 Å². The number of nitro benzene ring substituents is 1. The molecule has 0 aliphatic carbocycles. The van der Waals surface area contributed by atoms with E-state index in [-0.39, 0.29) is 10.6 Å². The van der Waals surface area contributed by atoms with Crippen molar-refractivity contribution in [2.45, 2.75) is 6.54 Å². The van der Waals surface area contributed by atoms with Crippen LogP contribution in [0.2, 0.25) is 0 Å². The minimum Gasteiger partial charge on any atom is -0.489 e. The third kappa shape index (κ3) is 4.40. The van der Waals surface area contributed by atoms with Gasteiger partial charge in [0.05, 0.1) is 31.1 Å². The lowest BCUT2D eigenvalue weighted by Gasteiger charge is -2.33. The number of nitrogens with one attached hydrogen (secondary N) is 1. The topological polar surface area (TPSA) is 60.0 Å². The number of benzene rings is 2. The molecule has 1 aliphatic rings. The lowest BCUT2D eigenvalue weighted by molar-refractivity contribution is -0.914. The van der Waals surface area contributed by atoms with E-state index in [0.29, 0.717) is 6.61 Å². The summed E-state index contributed by atoms with van der Waals surface area (Å²) in [6.45, 7) is 9.05. The Hall–Kier alpha value is -2.86. The van der Waals surface area contributed by atoms with Crippen molar-refractivity contribution in [3.63, 3.8) is 0 Å². The number of anilines is 1. The quantitative estimate of drug-likeness (QED) is 0.470. The number of piperazine rings is 1. The lowest BCUT2D eigenvalue weighted by atomic mass is 10.1. The molecule has 2 aromatic carbocycles. The Morgan fingerprint density at radius 1 is 1.15 bits per heavy atom. The summed E-state index contributed by atoms with van der Waals surface area (Å²) in [5, 5.41) is 10.8. The van der Waals surface area contributed by atoms with Crippen LogP contribution < -0.4 is 14.5 Å². The summed E-state index contributed by atoms with van der Waals surface area (Å²) < 4.78 is 5.75. The van der Waals surface area contributed by atoms with Crippen molar-refractivity contribution in [2.75, 3.05) is 37.7 Å². The predicted octanol–water partition coefficient (Wildman–Crippen LogP) is 2.06. The number of rotatable bonds is 7. The highest BCUT2D eigenvalue weighted by molar-refractivity contribution is 5.51. The third-order valence-electron chi connectivity index (χ3n) is 4.67. The molecule has 1 aliphatic heterocycles. The Bertz CT molecular complexity index is 753. The summed E-state index contributed by atoms with van der Waals surface area (Å²) in [5.74, 6) is 0.928.